The fourth-order valence-electron chi connectivity index (χ4n) is 3.65. The molecule has 0 aliphatic rings. The van der Waals surface area contributed by atoms with E-state index in [1.165, 1.54) is 22.1 Å². The summed E-state index contributed by atoms with van der Waals surface area (Å²) >= 11 is 0. The Morgan fingerprint density at radius 1 is 0.708 bits per heavy atom. The van der Waals surface area contributed by atoms with Gasteiger partial charge in [0.1, 0.15) is 0 Å². The fraction of sp³-hybridized carbons (Fsp3) is 0.455. The van der Waals surface area contributed by atoms with Crippen LogP contribution in [0.2, 0.25) is 0 Å². The van der Waals surface area contributed by atoms with Gasteiger partial charge >= 0.3 is 0 Å². The Morgan fingerprint density at radius 2 is 1.25 bits per heavy atom. The van der Waals surface area contributed by atoms with E-state index in [1.807, 2.05) is 0 Å². The second-order valence-corrected chi connectivity index (χ2v) is 12.4. The molecule has 0 atom stereocenters. The SMILES string of the molecule is CN(C)c1cccc(-c2ccccc2)c1P(C(C)(C)C)C(C)(C)C. The highest BCUT2D eigenvalue weighted by atomic mass is 31.1. The van der Waals surface area contributed by atoms with Crippen LogP contribution in [0, 0.1) is 0 Å². The van der Waals surface area contributed by atoms with Crippen molar-refractivity contribution in [2.45, 2.75) is 51.9 Å². The molecule has 24 heavy (non-hydrogen) atoms. The third-order valence-electron chi connectivity index (χ3n) is 4.15. The third-order valence-corrected chi connectivity index (χ3v) is 7.75. The van der Waals surface area contributed by atoms with E-state index in [1.54, 1.807) is 0 Å². The van der Waals surface area contributed by atoms with Crippen molar-refractivity contribution in [3.05, 3.63) is 48.5 Å². The van der Waals surface area contributed by atoms with Gasteiger partial charge in [-0.1, -0.05) is 91.9 Å². The lowest BCUT2D eigenvalue weighted by Gasteiger charge is -2.44. The molecular weight excluding hydrogens is 309 g/mol. The van der Waals surface area contributed by atoms with Crippen LogP contribution in [-0.2, 0) is 0 Å². The van der Waals surface area contributed by atoms with Crippen molar-refractivity contribution in [1.29, 1.82) is 0 Å². The maximum Gasteiger partial charge on any atom is 0.0445 e. The average Bonchev–Trinajstić information content (AvgIpc) is 2.45. The molecule has 1 nitrogen and oxygen atoms in total. The van der Waals surface area contributed by atoms with Crippen LogP contribution in [-0.4, -0.2) is 24.4 Å². The molecule has 130 valence electrons. The first kappa shape index (κ1) is 19.0. The van der Waals surface area contributed by atoms with Crippen molar-refractivity contribution < 1.29 is 0 Å². The van der Waals surface area contributed by atoms with Gasteiger partial charge in [-0.25, -0.2) is 0 Å². The monoisotopic (exact) mass is 341 g/mol. The van der Waals surface area contributed by atoms with E-state index < -0.39 is 0 Å². The van der Waals surface area contributed by atoms with E-state index in [9.17, 15) is 0 Å². The molecule has 0 saturated heterocycles. The largest absolute Gasteiger partial charge is 0.377 e. The topological polar surface area (TPSA) is 3.24 Å². The molecule has 0 aliphatic heterocycles. The summed E-state index contributed by atoms with van der Waals surface area (Å²) in [6.45, 7) is 14.4. The first-order valence-electron chi connectivity index (χ1n) is 8.69. The second kappa shape index (κ2) is 6.89. The average molecular weight is 341 g/mol. The fourth-order valence-corrected chi connectivity index (χ4v) is 7.96. The summed E-state index contributed by atoms with van der Waals surface area (Å²) in [7, 11) is 3.94. The molecule has 0 spiro atoms. The highest BCUT2D eigenvalue weighted by Gasteiger charge is 2.38. The van der Waals surface area contributed by atoms with Crippen LogP contribution in [0.3, 0.4) is 0 Å². The van der Waals surface area contributed by atoms with E-state index >= 15 is 0 Å². The van der Waals surface area contributed by atoms with E-state index in [-0.39, 0.29) is 18.2 Å². The van der Waals surface area contributed by atoms with Gasteiger partial charge in [-0.2, -0.15) is 0 Å². The van der Waals surface area contributed by atoms with E-state index in [4.69, 9.17) is 0 Å². The molecule has 0 N–H and O–H groups in total. The predicted octanol–water partition coefficient (Wildman–Crippen LogP) is 6.12. The van der Waals surface area contributed by atoms with Gasteiger partial charge in [0.15, 0.2) is 0 Å². The summed E-state index contributed by atoms with van der Waals surface area (Å²) in [4.78, 5) is 2.27. The van der Waals surface area contributed by atoms with Crippen LogP contribution >= 0.6 is 7.92 Å². The minimum Gasteiger partial charge on any atom is -0.377 e. The lowest BCUT2D eigenvalue weighted by Crippen LogP contribution is -2.34. The first-order chi connectivity index (χ1) is 11.0. The van der Waals surface area contributed by atoms with Gasteiger partial charge in [0.25, 0.3) is 0 Å². The van der Waals surface area contributed by atoms with Gasteiger partial charge in [-0.3, -0.25) is 0 Å². The van der Waals surface area contributed by atoms with E-state index in [0.29, 0.717) is 0 Å². The Balaban J connectivity index is 2.83. The highest BCUT2D eigenvalue weighted by Crippen LogP contribution is 2.60. The predicted molar refractivity (Wildman–Crippen MR) is 112 cm³/mol. The summed E-state index contributed by atoms with van der Waals surface area (Å²) in [6.07, 6.45) is 0. The molecule has 0 fully saturated rings. The molecule has 0 heterocycles. The minimum atomic E-state index is -0.377. The molecule has 0 aromatic heterocycles. The van der Waals surface area contributed by atoms with E-state index in [0.717, 1.165) is 0 Å². The van der Waals surface area contributed by atoms with Crippen molar-refractivity contribution in [1.82, 2.24) is 0 Å². The molecule has 0 bridgehead atoms. The zero-order chi connectivity index (χ0) is 18.1. The first-order valence-corrected chi connectivity index (χ1v) is 10.0. The second-order valence-electron chi connectivity index (χ2n) is 8.61. The van der Waals surface area contributed by atoms with Crippen LogP contribution in [0.25, 0.3) is 11.1 Å². The number of anilines is 1. The van der Waals surface area contributed by atoms with Crippen molar-refractivity contribution in [3.63, 3.8) is 0 Å². The van der Waals surface area contributed by atoms with E-state index in [2.05, 4.69) is 109 Å². The standard InChI is InChI=1S/C22H32NP/c1-21(2,3)24(22(4,5)6)20-18(17-13-10-9-11-14-17)15-12-16-19(20)23(7)8/h9-16H,1-8H3. The maximum atomic E-state index is 2.39. The Morgan fingerprint density at radius 3 is 1.71 bits per heavy atom. The number of hydrogen-bond acceptors (Lipinski definition) is 1. The van der Waals surface area contributed by atoms with Gasteiger partial charge < -0.3 is 4.90 Å². The Labute approximate surface area is 149 Å². The quantitative estimate of drug-likeness (QED) is 0.608. The van der Waals surface area contributed by atoms with Crippen LogP contribution < -0.4 is 10.2 Å². The van der Waals surface area contributed by atoms with Crippen molar-refractivity contribution in [2.75, 3.05) is 19.0 Å². The molecule has 0 aliphatic carbocycles. The molecule has 0 radical (unpaired) electrons. The van der Waals surface area contributed by atoms with Crippen molar-refractivity contribution in [3.8, 4) is 11.1 Å². The molecule has 0 saturated carbocycles. The normalized spacial score (nSPS) is 12.5. The maximum absolute atomic E-state index is 2.39. The Bertz CT molecular complexity index is 661. The molecule has 2 aromatic rings. The zero-order valence-electron chi connectivity index (χ0n) is 16.5. The number of nitrogens with zero attached hydrogens (tertiary/aromatic N) is 1. The van der Waals surface area contributed by atoms with Crippen LogP contribution in [0.15, 0.2) is 48.5 Å². The molecule has 0 amide bonds. The van der Waals surface area contributed by atoms with Gasteiger partial charge in [0.2, 0.25) is 0 Å². The molecule has 2 heteroatoms. The van der Waals surface area contributed by atoms with Crippen LogP contribution in [0.1, 0.15) is 41.5 Å². The van der Waals surface area contributed by atoms with Gasteiger partial charge in [0, 0.05) is 25.1 Å². The summed E-state index contributed by atoms with van der Waals surface area (Å²) in [5, 5.41) is 2.01. The summed E-state index contributed by atoms with van der Waals surface area (Å²) in [6, 6.07) is 17.6. The highest BCUT2D eigenvalue weighted by molar-refractivity contribution is 7.69. The van der Waals surface area contributed by atoms with Gasteiger partial charge in [0.05, 0.1) is 0 Å². The van der Waals surface area contributed by atoms with Gasteiger partial charge in [-0.05, 0) is 27.5 Å². The van der Waals surface area contributed by atoms with Gasteiger partial charge in [-0.15, -0.1) is 0 Å². The third kappa shape index (κ3) is 4.01. The number of hydrogen-bond donors (Lipinski definition) is 0. The summed E-state index contributed by atoms with van der Waals surface area (Å²) < 4.78 is 0. The smallest absolute Gasteiger partial charge is 0.0445 e. The molecule has 2 aromatic carbocycles. The van der Waals surface area contributed by atoms with Crippen molar-refractivity contribution >= 4 is 18.9 Å². The minimum absolute atomic E-state index is 0.239. The van der Waals surface area contributed by atoms with Crippen LogP contribution in [0.4, 0.5) is 5.69 Å². The summed E-state index contributed by atoms with van der Waals surface area (Å²) in [5.74, 6) is 0. The van der Waals surface area contributed by atoms with Crippen molar-refractivity contribution in [2.24, 2.45) is 0 Å². The summed E-state index contributed by atoms with van der Waals surface area (Å²) in [5.41, 5.74) is 4.06. The lowest BCUT2D eigenvalue weighted by molar-refractivity contribution is 0.715. The number of benzene rings is 2. The Kier molecular flexibility index (Phi) is 5.45. The molecule has 2 rings (SSSR count). The zero-order valence-corrected chi connectivity index (χ0v) is 17.4. The lowest BCUT2D eigenvalue weighted by atomic mass is 10.0. The molecular formula is C22H32NP. The Hall–Kier alpha value is -1.33. The number of rotatable bonds is 3. The molecule has 0 unspecified atom stereocenters. The van der Waals surface area contributed by atoms with Crippen LogP contribution in [0.5, 0.6) is 0 Å².